The highest BCUT2D eigenvalue weighted by Gasteiger charge is 2.55. The third kappa shape index (κ3) is 9.05. The quantitative estimate of drug-likeness (QED) is 0.0239. The molecule has 2 amide bonds. The Kier molecular flexibility index (Phi) is 13.3. The Morgan fingerprint density at radius 2 is 1.39 bits per heavy atom. The number of esters is 1. The van der Waals surface area contributed by atoms with Gasteiger partial charge in [-0.2, -0.15) is 0 Å². The monoisotopic (exact) mass is 931 g/mol. The Bertz CT molecular complexity index is 2820. The summed E-state index contributed by atoms with van der Waals surface area (Å²) in [5.41, 5.74) is 3.89. The van der Waals surface area contributed by atoms with Gasteiger partial charge in [0.15, 0.2) is 16.9 Å². The molecule has 0 aliphatic carbocycles. The van der Waals surface area contributed by atoms with E-state index in [-0.39, 0.29) is 22.9 Å². The van der Waals surface area contributed by atoms with Gasteiger partial charge in [0, 0.05) is 27.8 Å². The van der Waals surface area contributed by atoms with Crippen LogP contribution in [0.5, 0.6) is 0 Å². The molecule has 0 bridgehead atoms. The van der Waals surface area contributed by atoms with Crippen molar-refractivity contribution in [2.24, 2.45) is 5.16 Å². The van der Waals surface area contributed by atoms with E-state index in [1.807, 2.05) is 115 Å². The number of hydrogen-bond donors (Lipinski definition) is 2. The van der Waals surface area contributed by atoms with E-state index in [9.17, 15) is 19.2 Å². The van der Waals surface area contributed by atoms with Gasteiger partial charge in [0.2, 0.25) is 0 Å². The van der Waals surface area contributed by atoms with Crippen LogP contribution in [0.3, 0.4) is 0 Å². The fourth-order valence-electron chi connectivity index (χ4n) is 8.04. The Hall–Kier alpha value is -7.20. The number of carbonyl (C=O) groups excluding carboxylic acids is 3. The van der Waals surface area contributed by atoms with Crippen molar-refractivity contribution in [2.45, 2.75) is 28.0 Å². The van der Waals surface area contributed by atoms with Crippen LogP contribution in [-0.4, -0.2) is 63.4 Å². The Labute approximate surface area is 392 Å². The number of benzene rings is 5. The van der Waals surface area contributed by atoms with Crippen molar-refractivity contribution in [3.05, 3.63) is 231 Å². The maximum Gasteiger partial charge on any atom is 0.356 e. The summed E-state index contributed by atoms with van der Waals surface area (Å²) in [5.74, 6) is -1.25. The van der Waals surface area contributed by atoms with Gasteiger partial charge in [-0.25, -0.2) is 14.6 Å². The number of thioether (sulfide) groups is 2. The molecule has 2 atom stereocenters. The van der Waals surface area contributed by atoms with Crippen molar-refractivity contribution in [1.29, 1.82) is 0 Å². The van der Waals surface area contributed by atoms with E-state index in [0.717, 1.165) is 27.8 Å². The molecule has 4 heterocycles. The minimum absolute atomic E-state index is 0.0984. The zero-order valence-electron chi connectivity index (χ0n) is 35.3. The van der Waals surface area contributed by atoms with Crippen LogP contribution in [0, 0.1) is 0 Å². The number of rotatable bonds is 16. The lowest BCUT2D eigenvalue weighted by atomic mass is 9.77. The molecule has 9 rings (SSSR count). The molecule has 5 aromatic carbocycles. The van der Waals surface area contributed by atoms with E-state index < -0.39 is 46.5 Å². The Morgan fingerprint density at radius 3 is 1.94 bits per heavy atom. The van der Waals surface area contributed by atoms with Crippen LogP contribution in [0.15, 0.2) is 206 Å². The van der Waals surface area contributed by atoms with Gasteiger partial charge in [0.25, 0.3) is 11.8 Å². The molecule has 330 valence electrons. The highest BCUT2D eigenvalue weighted by atomic mass is 32.2. The fourth-order valence-corrected chi connectivity index (χ4v) is 11.2. The topological polar surface area (TPSA) is 152 Å². The van der Waals surface area contributed by atoms with Crippen LogP contribution < -0.4 is 16.3 Å². The molecule has 1 saturated heterocycles. The average Bonchev–Trinajstić information content (AvgIpc) is 3.83. The van der Waals surface area contributed by atoms with Crippen LogP contribution in [0.1, 0.15) is 39.6 Å². The molecular weight excluding hydrogens is 891 g/mol. The molecule has 15 heteroatoms. The number of thiazole rings is 1. The normalized spacial score (nSPS) is 16.0. The maximum absolute atomic E-state index is 14.6. The third-order valence-corrected chi connectivity index (χ3v) is 14.3. The van der Waals surface area contributed by atoms with Crippen molar-refractivity contribution in [3.8, 4) is 0 Å². The Morgan fingerprint density at radius 1 is 0.833 bits per heavy atom. The van der Waals surface area contributed by atoms with E-state index in [1.54, 1.807) is 11.4 Å². The maximum atomic E-state index is 14.6. The van der Waals surface area contributed by atoms with Crippen LogP contribution >= 0.6 is 34.9 Å². The molecule has 1 fully saturated rings. The van der Waals surface area contributed by atoms with Gasteiger partial charge in [-0.1, -0.05) is 157 Å². The summed E-state index contributed by atoms with van der Waals surface area (Å²) in [6, 6.07) is 51.0. The van der Waals surface area contributed by atoms with Crippen LogP contribution in [-0.2, 0) is 29.5 Å². The van der Waals surface area contributed by atoms with Crippen molar-refractivity contribution in [1.82, 2.24) is 15.2 Å². The first-order valence-electron chi connectivity index (χ1n) is 20.9. The lowest BCUT2D eigenvalue weighted by Gasteiger charge is -2.49. The molecule has 2 aliphatic rings. The molecule has 0 saturated carbocycles. The minimum Gasteiger partial charge on any atom is -0.448 e. The van der Waals surface area contributed by atoms with Crippen LogP contribution in [0.4, 0.5) is 5.13 Å². The first-order chi connectivity index (χ1) is 32.3. The molecule has 2 aliphatic heterocycles. The van der Waals surface area contributed by atoms with Gasteiger partial charge in [-0.05, 0) is 39.5 Å². The number of β-lactam (4-membered cyclic amide) rings is 1. The number of nitrogens with zero attached hydrogens (tertiary/aromatic N) is 3. The van der Waals surface area contributed by atoms with Crippen molar-refractivity contribution in [2.75, 3.05) is 23.9 Å². The van der Waals surface area contributed by atoms with E-state index in [2.05, 4.69) is 52.2 Å². The number of hydrogen-bond acceptors (Lipinski definition) is 13. The number of aromatic nitrogens is 1. The predicted octanol–water partition coefficient (Wildman–Crippen LogP) is 8.63. The standard InChI is InChI=1S/C51H41N5O7S3/c1-61-55-42(40-32-66-50(52-40)54-51(36-21-11-4-12-22-36,37-23-13-5-14-24-37)38-25-15-6-16-26-38)46(58)53-43-47(59)56-44(35(31-65-48(43)56)30-64-39-27-28-62-41(57)29-39)49(60)63-45(33-17-7-2-8-18-33)34-19-9-3-10-20-34/h2-29,32,43,45,48H,30-31H2,1H3,(H,52,54)(H,53,58)/b55-42-/t43-,48-/m1/s1. The summed E-state index contributed by atoms with van der Waals surface area (Å²) in [7, 11) is 1.33. The molecule has 0 radical (unpaired) electrons. The lowest BCUT2D eigenvalue weighted by Crippen LogP contribution is -2.71. The van der Waals surface area contributed by atoms with E-state index in [0.29, 0.717) is 21.4 Å². The second-order valence-electron chi connectivity index (χ2n) is 15.1. The summed E-state index contributed by atoms with van der Waals surface area (Å²) in [6.07, 6.45) is 0.539. The largest absolute Gasteiger partial charge is 0.448 e. The van der Waals surface area contributed by atoms with E-state index in [1.165, 1.54) is 59.2 Å². The number of nitrogens with one attached hydrogen (secondary N) is 2. The zero-order valence-corrected chi connectivity index (χ0v) is 37.8. The number of carbonyl (C=O) groups is 3. The second-order valence-corrected chi connectivity index (χ2v) is 18.1. The summed E-state index contributed by atoms with van der Waals surface area (Å²) in [5, 5.41) is 12.3. The molecule has 0 spiro atoms. The SMILES string of the molecule is CO/N=C(\C(=O)N[C@@H]1C(=O)N2C(C(=O)OC(c3ccccc3)c3ccccc3)=C(CSc3ccoc(=O)c3)CS[C@H]12)c1csc(NC(c2ccccc2)(c2ccccc2)c2ccccc2)n1. The number of ether oxygens (including phenoxy) is 1. The number of oxime groups is 1. The van der Waals surface area contributed by atoms with Crippen LogP contribution in [0.25, 0.3) is 0 Å². The third-order valence-electron chi connectivity index (χ3n) is 11.1. The molecule has 66 heavy (non-hydrogen) atoms. The summed E-state index contributed by atoms with van der Waals surface area (Å²) < 4.78 is 11.2. The van der Waals surface area contributed by atoms with Crippen molar-refractivity contribution in [3.63, 3.8) is 0 Å². The molecular formula is C51H41N5O7S3. The predicted molar refractivity (Wildman–Crippen MR) is 257 cm³/mol. The van der Waals surface area contributed by atoms with Gasteiger partial charge < -0.3 is 24.6 Å². The second kappa shape index (κ2) is 19.9. The van der Waals surface area contributed by atoms with Crippen molar-refractivity contribution < 1.29 is 28.4 Å². The Balaban J connectivity index is 0.986. The first-order valence-corrected chi connectivity index (χ1v) is 23.8. The van der Waals surface area contributed by atoms with Gasteiger partial charge in [-0.3, -0.25) is 14.5 Å². The first kappa shape index (κ1) is 44.0. The van der Waals surface area contributed by atoms with Crippen molar-refractivity contribution >= 4 is 63.5 Å². The summed E-state index contributed by atoms with van der Waals surface area (Å²) in [4.78, 5) is 67.2. The van der Waals surface area contributed by atoms with Crippen LogP contribution in [0.2, 0.25) is 0 Å². The van der Waals surface area contributed by atoms with Gasteiger partial charge in [-0.15, -0.1) is 34.9 Å². The van der Waals surface area contributed by atoms with Gasteiger partial charge in [0.05, 0.1) is 6.26 Å². The smallest absolute Gasteiger partial charge is 0.356 e. The fraction of sp³-hybridized carbons (Fsp3) is 0.137. The highest BCUT2D eigenvalue weighted by Crippen LogP contribution is 2.44. The number of anilines is 1. The molecule has 7 aromatic rings. The minimum atomic E-state index is -1.02. The molecule has 12 nitrogen and oxygen atoms in total. The number of amides is 2. The molecule has 0 unspecified atom stereocenters. The lowest BCUT2D eigenvalue weighted by molar-refractivity contribution is -0.154. The molecule has 2 N–H and O–H groups in total. The number of fused-ring (bicyclic) bond motifs is 1. The highest BCUT2D eigenvalue weighted by molar-refractivity contribution is 8.01. The van der Waals surface area contributed by atoms with E-state index >= 15 is 0 Å². The zero-order chi connectivity index (χ0) is 45.5. The summed E-state index contributed by atoms with van der Waals surface area (Å²) >= 11 is 4.04. The molecule has 2 aromatic heterocycles. The average molecular weight is 932 g/mol. The van der Waals surface area contributed by atoms with E-state index in [4.69, 9.17) is 19.0 Å². The van der Waals surface area contributed by atoms with Gasteiger partial charge in [0.1, 0.15) is 35.5 Å². The summed E-state index contributed by atoms with van der Waals surface area (Å²) in [6.45, 7) is 0. The van der Waals surface area contributed by atoms with Gasteiger partial charge >= 0.3 is 11.6 Å².